The molecule has 1 saturated heterocycles. The number of likely N-dealkylation sites (tertiary alicyclic amines) is 1. The molecule has 2 nitrogen and oxygen atoms in total. The third kappa shape index (κ3) is 4.79. The van der Waals surface area contributed by atoms with Crippen LogP contribution in [0.25, 0.3) is 0 Å². The summed E-state index contributed by atoms with van der Waals surface area (Å²) in [6, 6.07) is 8.50. The monoisotopic (exact) mass is 280 g/mol. The Labute approximate surface area is 121 Å². The van der Waals surface area contributed by atoms with Gasteiger partial charge in [-0.3, -0.25) is 4.90 Å². The normalized spacial score (nSPS) is 24.6. The van der Waals surface area contributed by atoms with E-state index in [4.69, 9.17) is 17.3 Å². The van der Waals surface area contributed by atoms with Crippen molar-refractivity contribution in [2.75, 3.05) is 13.1 Å². The summed E-state index contributed by atoms with van der Waals surface area (Å²) in [5.74, 6) is 0.774. The smallest absolute Gasteiger partial charge is 0.0406 e. The SMILES string of the molecule is CCCCC1CC(N)CN(Cc2ccc(Cl)cc2)C1. The van der Waals surface area contributed by atoms with Crippen molar-refractivity contribution in [2.45, 2.75) is 45.2 Å². The van der Waals surface area contributed by atoms with Crippen LogP contribution in [-0.2, 0) is 6.54 Å². The van der Waals surface area contributed by atoms with Gasteiger partial charge in [0.05, 0.1) is 0 Å². The van der Waals surface area contributed by atoms with E-state index in [2.05, 4.69) is 24.0 Å². The Morgan fingerprint density at radius 2 is 2.00 bits per heavy atom. The van der Waals surface area contributed by atoms with Gasteiger partial charge in [-0.1, -0.05) is 43.5 Å². The summed E-state index contributed by atoms with van der Waals surface area (Å²) in [5.41, 5.74) is 7.53. The van der Waals surface area contributed by atoms with Crippen LogP contribution < -0.4 is 5.73 Å². The van der Waals surface area contributed by atoms with Gasteiger partial charge in [-0.05, 0) is 36.5 Å². The van der Waals surface area contributed by atoms with Gasteiger partial charge in [0.25, 0.3) is 0 Å². The maximum Gasteiger partial charge on any atom is 0.0406 e. The van der Waals surface area contributed by atoms with Crippen molar-refractivity contribution in [3.05, 3.63) is 34.9 Å². The molecule has 1 aliphatic rings. The number of unbranched alkanes of at least 4 members (excludes halogenated alkanes) is 1. The van der Waals surface area contributed by atoms with E-state index in [1.54, 1.807) is 0 Å². The Balaban J connectivity index is 1.90. The van der Waals surface area contributed by atoms with Gasteiger partial charge in [-0.25, -0.2) is 0 Å². The predicted molar refractivity (Wildman–Crippen MR) is 82.3 cm³/mol. The van der Waals surface area contributed by atoms with Gasteiger partial charge in [0.2, 0.25) is 0 Å². The number of benzene rings is 1. The molecular weight excluding hydrogens is 256 g/mol. The average molecular weight is 281 g/mol. The first-order valence-corrected chi connectivity index (χ1v) is 7.77. The Hall–Kier alpha value is -0.570. The van der Waals surface area contributed by atoms with Gasteiger partial charge in [0.1, 0.15) is 0 Å². The molecule has 1 aromatic rings. The lowest BCUT2D eigenvalue weighted by Gasteiger charge is -2.36. The van der Waals surface area contributed by atoms with Crippen molar-refractivity contribution in [1.29, 1.82) is 0 Å². The average Bonchev–Trinajstić information content (AvgIpc) is 2.38. The van der Waals surface area contributed by atoms with Gasteiger partial charge in [0, 0.05) is 30.7 Å². The molecular formula is C16H25ClN2. The summed E-state index contributed by atoms with van der Waals surface area (Å²) in [4.78, 5) is 2.50. The first kappa shape index (κ1) is 14.8. The zero-order valence-corrected chi connectivity index (χ0v) is 12.6. The number of nitrogens with two attached hydrogens (primary N) is 1. The van der Waals surface area contributed by atoms with E-state index in [1.165, 1.54) is 37.8 Å². The molecule has 2 N–H and O–H groups in total. The highest BCUT2D eigenvalue weighted by molar-refractivity contribution is 6.30. The van der Waals surface area contributed by atoms with E-state index in [0.717, 1.165) is 24.0 Å². The maximum atomic E-state index is 6.20. The van der Waals surface area contributed by atoms with Crippen LogP contribution in [0, 0.1) is 5.92 Å². The Morgan fingerprint density at radius 3 is 2.68 bits per heavy atom. The number of halogens is 1. The molecule has 1 aliphatic heterocycles. The van der Waals surface area contributed by atoms with Crippen LogP contribution in [0.2, 0.25) is 5.02 Å². The highest BCUT2D eigenvalue weighted by Crippen LogP contribution is 2.23. The molecule has 1 aromatic carbocycles. The van der Waals surface area contributed by atoms with E-state index in [0.29, 0.717) is 6.04 Å². The molecule has 106 valence electrons. The third-order valence-corrected chi connectivity index (χ3v) is 4.18. The molecule has 1 fully saturated rings. The van der Waals surface area contributed by atoms with E-state index < -0.39 is 0 Å². The topological polar surface area (TPSA) is 29.3 Å². The molecule has 2 unspecified atom stereocenters. The minimum absolute atomic E-state index is 0.336. The summed E-state index contributed by atoms with van der Waals surface area (Å²) < 4.78 is 0. The second-order valence-corrected chi connectivity index (χ2v) is 6.26. The van der Waals surface area contributed by atoms with E-state index >= 15 is 0 Å². The molecule has 2 atom stereocenters. The van der Waals surface area contributed by atoms with Crippen LogP contribution in [0.3, 0.4) is 0 Å². The quantitative estimate of drug-likeness (QED) is 0.891. The predicted octanol–water partition coefficient (Wildman–Crippen LogP) is 3.68. The fourth-order valence-electron chi connectivity index (χ4n) is 3.03. The van der Waals surface area contributed by atoms with Gasteiger partial charge < -0.3 is 5.73 Å². The zero-order chi connectivity index (χ0) is 13.7. The molecule has 0 saturated carbocycles. The molecule has 0 radical (unpaired) electrons. The van der Waals surface area contributed by atoms with E-state index in [9.17, 15) is 0 Å². The zero-order valence-electron chi connectivity index (χ0n) is 11.8. The number of piperidine rings is 1. The molecule has 0 bridgehead atoms. The van der Waals surface area contributed by atoms with Crippen molar-refractivity contribution >= 4 is 11.6 Å². The van der Waals surface area contributed by atoms with Gasteiger partial charge in [-0.15, -0.1) is 0 Å². The van der Waals surface area contributed by atoms with Crippen LogP contribution in [0.4, 0.5) is 0 Å². The molecule has 1 heterocycles. The van der Waals surface area contributed by atoms with Gasteiger partial charge in [-0.2, -0.15) is 0 Å². The maximum absolute atomic E-state index is 6.20. The molecule has 3 heteroatoms. The summed E-state index contributed by atoms with van der Waals surface area (Å²) in [6.45, 7) is 5.46. The number of nitrogens with zero attached hydrogens (tertiary/aromatic N) is 1. The first-order valence-electron chi connectivity index (χ1n) is 7.39. The second-order valence-electron chi connectivity index (χ2n) is 5.82. The Morgan fingerprint density at radius 1 is 1.26 bits per heavy atom. The lowest BCUT2D eigenvalue weighted by Crippen LogP contribution is -2.46. The first-order chi connectivity index (χ1) is 9.17. The summed E-state index contributed by atoms with van der Waals surface area (Å²) in [7, 11) is 0. The van der Waals surface area contributed by atoms with E-state index in [-0.39, 0.29) is 0 Å². The summed E-state index contributed by atoms with van der Waals surface area (Å²) in [6.07, 6.45) is 5.12. The number of rotatable bonds is 5. The highest BCUT2D eigenvalue weighted by Gasteiger charge is 2.24. The molecule has 19 heavy (non-hydrogen) atoms. The van der Waals surface area contributed by atoms with Crippen molar-refractivity contribution in [1.82, 2.24) is 4.90 Å². The number of hydrogen-bond donors (Lipinski definition) is 1. The van der Waals surface area contributed by atoms with Crippen molar-refractivity contribution < 1.29 is 0 Å². The van der Waals surface area contributed by atoms with Gasteiger partial charge >= 0.3 is 0 Å². The standard InChI is InChI=1S/C16H25ClN2/c1-2-3-4-14-9-16(18)12-19(11-14)10-13-5-7-15(17)8-6-13/h5-8,14,16H,2-4,9-12,18H2,1H3. The largest absolute Gasteiger partial charge is 0.327 e. The Bertz CT molecular complexity index is 377. The van der Waals surface area contributed by atoms with Crippen LogP contribution in [-0.4, -0.2) is 24.0 Å². The van der Waals surface area contributed by atoms with Gasteiger partial charge in [0.15, 0.2) is 0 Å². The highest BCUT2D eigenvalue weighted by atomic mass is 35.5. The molecule has 0 spiro atoms. The molecule has 0 aromatic heterocycles. The minimum Gasteiger partial charge on any atom is -0.327 e. The fourth-order valence-corrected chi connectivity index (χ4v) is 3.15. The summed E-state index contributed by atoms with van der Waals surface area (Å²) >= 11 is 5.92. The molecule has 0 amide bonds. The fraction of sp³-hybridized carbons (Fsp3) is 0.625. The van der Waals surface area contributed by atoms with Crippen molar-refractivity contribution in [3.63, 3.8) is 0 Å². The lowest BCUT2D eigenvalue weighted by atomic mass is 9.90. The van der Waals surface area contributed by atoms with Crippen LogP contribution in [0.5, 0.6) is 0 Å². The third-order valence-electron chi connectivity index (χ3n) is 3.93. The Kier molecular flexibility index (Phi) is 5.68. The molecule has 0 aliphatic carbocycles. The minimum atomic E-state index is 0.336. The van der Waals surface area contributed by atoms with Crippen molar-refractivity contribution in [2.24, 2.45) is 11.7 Å². The summed E-state index contributed by atoms with van der Waals surface area (Å²) in [5, 5.41) is 0.805. The molecule has 2 rings (SSSR count). The second kappa shape index (κ2) is 7.28. The van der Waals surface area contributed by atoms with Crippen LogP contribution in [0.15, 0.2) is 24.3 Å². The van der Waals surface area contributed by atoms with Crippen molar-refractivity contribution in [3.8, 4) is 0 Å². The van der Waals surface area contributed by atoms with Crippen LogP contribution in [0.1, 0.15) is 38.2 Å². The van der Waals surface area contributed by atoms with E-state index in [1.807, 2.05) is 12.1 Å². The number of hydrogen-bond acceptors (Lipinski definition) is 2. The lowest BCUT2D eigenvalue weighted by molar-refractivity contribution is 0.143. The van der Waals surface area contributed by atoms with Crippen LogP contribution >= 0.6 is 11.6 Å².